The van der Waals surface area contributed by atoms with Crippen molar-refractivity contribution in [2.45, 2.75) is 33.1 Å². The zero-order chi connectivity index (χ0) is 17.4. The molecule has 0 fully saturated rings. The molecule has 0 radical (unpaired) electrons. The van der Waals surface area contributed by atoms with Gasteiger partial charge in [0.2, 0.25) is 11.8 Å². The molecule has 1 aromatic rings. The number of benzene rings is 1. The smallest absolute Gasteiger partial charge is 0.307 e. The minimum atomic E-state index is -1.13. The monoisotopic (exact) mass is 324 g/mol. The molecule has 2 amide bonds. The van der Waals surface area contributed by atoms with Gasteiger partial charge in [-0.05, 0) is 30.0 Å². The fraction of sp³-hybridized carbons (Fsp3) is 0.438. The van der Waals surface area contributed by atoms with Crippen molar-refractivity contribution in [1.82, 2.24) is 5.32 Å². The summed E-state index contributed by atoms with van der Waals surface area (Å²) in [6.45, 7) is 3.81. The van der Waals surface area contributed by atoms with E-state index in [0.29, 0.717) is 12.3 Å². The topological polar surface area (TPSA) is 95.5 Å². The van der Waals surface area contributed by atoms with Gasteiger partial charge in [-0.1, -0.05) is 19.9 Å². The van der Waals surface area contributed by atoms with Crippen LogP contribution in [-0.4, -0.2) is 29.4 Å². The summed E-state index contributed by atoms with van der Waals surface area (Å²) in [7, 11) is 0. The van der Waals surface area contributed by atoms with Gasteiger partial charge >= 0.3 is 5.97 Å². The molecule has 0 aliphatic heterocycles. The summed E-state index contributed by atoms with van der Waals surface area (Å²) in [4.78, 5) is 33.7. The summed E-state index contributed by atoms with van der Waals surface area (Å²) in [6, 6.07) is 3.77. The molecule has 1 rings (SSSR count). The molecule has 126 valence electrons. The molecule has 0 spiro atoms. The number of carbonyl (C=O) groups is 3. The summed E-state index contributed by atoms with van der Waals surface area (Å²) < 4.78 is 13.7. The number of hydrogen-bond donors (Lipinski definition) is 3. The van der Waals surface area contributed by atoms with Crippen LogP contribution >= 0.6 is 0 Å². The predicted molar refractivity (Wildman–Crippen MR) is 83.5 cm³/mol. The number of halogens is 1. The molecule has 0 aliphatic rings. The van der Waals surface area contributed by atoms with Crippen LogP contribution in [0.2, 0.25) is 0 Å². The van der Waals surface area contributed by atoms with E-state index in [9.17, 15) is 18.8 Å². The van der Waals surface area contributed by atoms with E-state index < -0.39 is 24.1 Å². The zero-order valence-corrected chi connectivity index (χ0v) is 13.2. The molecule has 0 saturated heterocycles. The second-order valence-electron chi connectivity index (χ2n) is 5.63. The van der Waals surface area contributed by atoms with E-state index in [1.807, 2.05) is 13.8 Å². The average molecular weight is 324 g/mol. The number of amides is 2. The molecule has 0 saturated carbocycles. The van der Waals surface area contributed by atoms with Crippen molar-refractivity contribution in [3.05, 3.63) is 29.6 Å². The lowest BCUT2D eigenvalue weighted by atomic mass is 10.1. The number of rotatable bonds is 8. The first-order valence-corrected chi connectivity index (χ1v) is 7.34. The van der Waals surface area contributed by atoms with Crippen LogP contribution in [0.3, 0.4) is 0 Å². The van der Waals surface area contributed by atoms with Gasteiger partial charge in [0.1, 0.15) is 5.82 Å². The van der Waals surface area contributed by atoms with Gasteiger partial charge < -0.3 is 15.7 Å². The van der Waals surface area contributed by atoms with Gasteiger partial charge in [0.25, 0.3) is 0 Å². The van der Waals surface area contributed by atoms with Crippen LogP contribution in [0.15, 0.2) is 18.2 Å². The molecular formula is C16H21FN2O4. The van der Waals surface area contributed by atoms with E-state index in [1.54, 1.807) is 0 Å². The zero-order valence-electron chi connectivity index (χ0n) is 13.2. The quantitative estimate of drug-likeness (QED) is 0.681. The summed E-state index contributed by atoms with van der Waals surface area (Å²) in [5, 5.41) is 13.6. The van der Waals surface area contributed by atoms with Crippen LogP contribution in [-0.2, 0) is 20.8 Å². The second kappa shape index (κ2) is 8.87. The minimum absolute atomic E-state index is 0.0393. The van der Waals surface area contributed by atoms with Gasteiger partial charge in [-0.3, -0.25) is 14.4 Å². The highest BCUT2D eigenvalue weighted by atomic mass is 19.1. The summed E-state index contributed by atoms with van der Waals surface area (Å²) in [5.41, 5.74) is 0.246. The van der Waals surface area contributed by atoms with E-state index in [0.717, 1.165) is 12.5 Å². The van der Waals surface area contributed by atoms with Crippen LogP contribution < -0.4 is 10.6 Å². The Morgan fingerprint density at radius 1 is 1.22 bits per heavy atom. The minimum Gasteiger partial charge on any atom is -0.481 e. The summed E-state index contributed by atoms with van der Waals surface area (Å²) >= 11 is 0. The van der Waals surface area contributed by atoms with Crippen molar-refractivity contribution in [3.8, 4) is 0 Å². The highest BCUT2D eigenvalue weighted by molar-refractivity contribution is 5.94. The SMILES string of the molecule is CC(C)CCC(=O)NCC(=O)Nc1ccc(CC(=O)O)c(F)c1. The van der Waals surface area contributed by atoms with Gasteiger partial charge in [-0.15, -0.1) is 0 Å². The first-order chi connectivity index (χ1) is 10.8. The van der Waals surface area contributed by atoms with E-state index in [4.69, 9.17) is 5.11 Å². The van der Waals surface area contributed by atoms with Crippen LogP contribution in [0.4, 0.5) is 10.1 Å². The number of hydrogen-bond acceptors (Lipinski definition) is 3. The Morgan fingerprint density at radius 2 is 1.91 bits per heavy atom. The number of aliphatic carboxylic acids is 1. The molecule has 3 N–H and O–H groups in total. The third-order valence-electron chi connectivity index (χ3n) is 3.07. The van der Waals surface area contributed by atoms with Crippen LogP contribution in [0, 0.1) is 11.7 Å². The van der Waals surface area contributed by atoms with Crippen molar-refractivity contribution in [1.29, 1.82) is 0 Å². The molecule has 6 nitrogen and oxygen atoms in total. The lowest BCUT2D eigenvalue weighted by molar-refractivity contribution is -0.136. The molecule has 7 heteroatoms. The fourth-order valence-electron chi connectivity index (χ4n) is 1.82. The maximum atomic E-state index is 13.7. The van der Waals surface area contributed by atoms with Gasteiger partial charge in [-0.2, -0.15) is 0 Å². The number of anilines is 1. The Morgan fingerprint density at radius 3 is 2.48 bits per heavy atom. The van der Waals surface area contributed by atoms with E-state index in [2.05, 4.69) is 10.6 Å². The van der Waals surface area contributed by atoms with E-state index in [1.165, 1.54) is 12.1 Å². The van der Waals surface area contributed by atoms with Crippen molar-refractivity contribution >= 4 is 23.5 Å². The van der Waals surface area contributed by atoms with Crippen molar-refractivity contribution in [3.63, 3.8) is 0 Å². The first kappa shape index (κ1) is 18.6. The normalized spacial score (nSPS) is 10.4. The number of carboxylic acid groups (broad SMARTS) is 1. The summed E-state index contributed by atoms with van der Waals surface area (Å²) in [6.07, 6.45) is 0.666. The molecule has 0 unspecified atom stereocenters. The third kappa shape index (κ3) is 7.39. The molecule has 0 heterocycles. The third-order valence-corrected chi connectivity index (χ3v) is 3.07. The Balaban J connectivity index is 2.46. The Hall–Kier alpha value is -2.44. The highest BCUT2D eigenvalue weighted by Crippen LogP contribution is 2.15. The standard InChI is InChI=1S/C16H21FN2O4/c1-10(2)3-6-14(20)18-9-15(21)19-12-5-4-11(7-16(22)23)13(17)8-12/h4-5,8,10H,3,6-7,9H2,1-2H3,(H,18,20)(H,19,21)(H,22,23). The molecule has 1 aromatic carbocycles. The largest absolute Gasteiger partial charge is 0.481 e. The number of carboxylic acids is 1. The van der Waals surface area contributed by atoms with Gasteiger partial charge in [0, 0.05) is 12.1 Å². The van der Waals surface area contributed by atoms with Crippen LogP contribution in [0.25, 0.3) is 0 Å². The molecule has 0 bridgehead atoms. The van der Waals surface area contributed by atoms with Gasteiger partial charge in [-0.25, -0.2) is 4.39 Å². The van der Waals surface area contributed by atoms with E-state index in [-0.39, 0.29) is 23.7 Å². The molecular weight excluding hydrogens is 303 g/mol. The Kier molecular flexibility index (Phi) is 7.18. The molecule has 0 aliphatic carbocycles. The first-order valence-electron chi connectivity index (χ1n) is 7.34. The van der Waals surface area contributed by atoms with Crippen LogP contribution in [0.1, 0.15) is 32.3 Å². The maximum absolute atomic E-state index is 13.7. The fourth-order valence-corrected chi connectivity index (χ4v) is 1.82. The van der Waals surface area contributed by atoms with E-state index >= 15 is 0 Å². The predicted octanol–water partition coefficient (Wildman–Crippen LogP) is 1.94. The van der Waals surface area contributed by atoms with Gasteiger partial charge in [0.05, 0.1) is 13.0 Å². The Bertz CT molecular complexity index is 587. The van der Waals surface area contributed by atoms with Crippen LogP contribution in [0.5, 0.6) is 0 Å². The number of carbonyl (C=O) groups excluding carboxylic acids is 2. The lowest BCUT2D eigenvalue weighted by Gasteiger charge is -2.09. The van der Waals surface area contributed by atoms with Crippen molar-refractivity contribution in [2.75, 3.05) is 11.9 Å². The second-order valence-corrected chi connectivity index (χ2v) is 5.63. The highest BCUT2D eigenvalue weighted by Gasteiger charge is 2.10. The van der Waals surface area contributed by atoms with Crippen molar-refractivity contribution in [2.24, 2.45) is 5.92 Å². The van der Waals surface area contributed by atoms with Gasteiger partial charge in [0.15, 0.2) is 0 Å². The molecule has 23 heavy (non-hydrogen) atoms. The maximum Gasteiger partial charge on any atom is 0.307 e. The Labute approximate surface area is 134 Å². The average Bonchev–Trinajstić information content (AvgIpc) is 2.45. The molecule has 0 aromatic heterocycles. The lowest BCUT2D eigenvalue weighted by Crippen LogP contribution is -2.32. The van der Waals surface area contributed by atoms with Crippen molar-refractivity contribution < 1.29 is 23.9 Å². The molecule has 0 atom stereocenters. The summed E-state index contributed by atoms with van der Waals surface area (Å²) in [5.74, 6) is -2.12. The number of nitrogens with one attached hydrogen (secondary N) is 2.